The van der Waals surface area contributed by atoms with Crippen molar-refractivity contribution in [2.45, 2.75) is 19.3 Å². The SMILES string of the molecule is Cc1ccc(NC(=O)[C@@H]2CC(=O)Nc3cc(F)ccc32)cc1I. The molecule has 1 heterocycles. The Morgan fingerprint density at radius 1 is 1.30 bits per heavy atom. The average molecular weight is 424 g/mol. The van der Waals surface area contributed by atoms with E-state index in [4.69, 9.17) is 0 Å². The summed E-state index contributed by atoms with van der Waals surface area (Å²) in [7, 11) is 0. The van der Waals surface area contributed by atoms with Crippen LogP contribution in [0.1, 0.15) is 23.5 Å². The molecule has 1 atom stereocenters. The highest BCUT2D eigenvalue weighted by atomic mass is 127. The maximum atomic E-state index is 13.3. The Morgan fingerprint density at radius 3 is 2.83 bits per heavy atom. The van der Waals surface area contributed by atoms with Crippen LogP contribution < -0.4 is 10.6 Å². The minimum absolute atomic E-state index is 0.0490. The van der Waals surface area contributed by atoms with E-state index in [0.717, 1.165) is 9.13 Å². The number of aryl methyl sites for hydroxylation is 1. The summed E-state index contributed by atoms with van der Waals surface area (Å²) >= 11 is 2.20. The maximum Gasteiger partial charge on any atom is 0.232 e. The van der Waals surface area contributed by atoms with Crippen molar-refractivity contribution in [2.24, 2.45) is 0 Å². The van der Waals surface area contributed by atoms with Gasteiger partial charge in [-0.1, -0.05) is 12.1 Å². The fraction of sp³-hybridized carbons (Fsp3) is 0.176. The van der Waals surface area contributed by atoms with Crippen LogP contribution in [0.15, 0.2) is 36.4 Å². The van der Waals surface area contributed by atoms with E-state index in [-0.39, 0.29) is 18.2 Å². The van der Waals surface area contributed by atoms with Crippen molar-refractivity contribution in [1.29, 1.82) is 0 Å². The van der Waals surface area contributed by atoms with Crippen molar-refractivity contribution in [1.82, 2.24) is 0 Å². The summed E-state index contributed by atoms with van der Waals surface area (Å²) < 4.78 is 14.4. The lowest BCUT2D eigenvalue weighted by Crippen LogP contribution is -2.30. The quantitative estimate of drug-likeness (QED) is 0.721. The van der Waals surface area contributed by atoms with Crippen LogP contribution in [0, 0.1) is 16.3 Å². The number of hydrogen-bond acceptors (Lipinski definition) is 2. The summed E-state index contributed by atoms with van der Waals surface area (Å²) in [5.41, 5.74) is 2.80. The molecule has 4 nitrogen and oxygen atoms in total. The average Bonchev–Trinajstić information content (AvgIpc) is 2.49. The van der Waals surface area contributed by atoms with Crippen LogP contribution in [-0.2, 0) is 9.59 Å². The Hall–Kier alpha value is -1.96. The molecule has 23 heavy (non-hydrogen) atoms. The van der Waals surface area contributed by atoms with Gasteiger partial charge in [0.15, 0.2) is 0 Å². The predicted octanol–water partition coefficient (Wildman–Crippen LogP) is 3.80. The molecule has 6 heteroatoms. The van der Waals surface area contributed by atoms with Gasteiger partial charge in [0, 0.05) is 21.4 Å². The van der Waals surface area contributed by atoms with Crippen molar-refractivity contribution < 1.29 is 14.0 Å². The van der Waals surface area contributed by atoms with Gasteiger partial charge in [-0.05, 0) is 64.9 Å². The second-order valence-corrected chi connectivity index (χ2v) is 6.65. The zero-order valence-corrected chi connectivity index (χ0v) is 14.5. The van der Waals surface area contributed by atoms with Crippen LogP contribution in [-0.4, -0.2) is 11.8 Å². The van der Waals surface area contributed by atoms with Gasteiger partial charge in [0.05, 0.1) is 5.92 Å². The molecule has 1 aliphatic heterocycles. The van der Waals surface area contributed by atoms with E-state index in [0.29, 0.717) is 16.9 Å². The third-order valence-corrected chi connectivity index (χ3v) is 4.97. The predicted molar refractivity (Wildman–Crippen MR) is 94.9 cm³/mol. The molecular weight excluding hydrogens is 410 g/mol. The number of hydrogen-bond donors (Lipinski definition) is 2. The second kappa shape index (κ2) is 6.27. The topological polar surface area (TPSA) is 58.2 Å². The fourth-order valence-electron chi connectivity index (χ4n) is 2.57. The van der Waals surface area contributed by atoms with Gasteiger partial charge in [-0.2, -0.15) is 0 Å². The molecule has 2 amide bonds. The Kier molecular flexibility index (Phi) is 4.34. The Bertz CT molecular complexity index is 807. The van der Waals surface area contributed by atoms with Gasteiger partial charge in [-0.15, -0.1) is 0 Å². The molecule has 118 valence electrons. The van der Waals surface area contributed by atoms with E-state index in [1.54, 1.807) is 6.07 Å². The van der Waals surface area contributed by atoms with Gasteiger partial charge in [0.25, 0.3) is 0 Å². The molecule has 0 spiro atoms. The summed E-state index contributed by atoms with van der Waals surface area (Å²) in [6.45, 7) is 1.99. The lowest BCUT2D eigenvalue weighted by Gasteiger charge is -2.25. The first-order valence-corrected chi connectivity index (χ1v) is 8.18. The molecule has 0 unspecified atom stereocenters. The van der Waals surface area contributed by atoms with Gasteiger partial charge in [-0.3, -0.25) is 9.59 Å². The molecule has 3 rings (SSSR count). The van der Waals surface area contributed by atoms with Gasteiger partial charge >= 0.3 is 0 Å². The fourth-order valence-corrected chi connectivity index (χ4v) is 3.09. The molecule has 0 aromatic heterocycles. The third-order valence-electron chi connectivity index (χ3n) is 3.81. The maximum absolute atomic E-state index is 13.3. The van der Waals surface area contributed by atoms with E-state index in [2.05, 4.69) is 33.2 Å². The largest absolute Gasteiger partial charge is 0.326 e. The number of carbonyl (C=O) groups is 2. The monoisotopic (exact) mass is 424 g/mol. The van der Waals surface area contributed by atoms with Crippen molar-refractivity contribution in [3.8, 4) is 0 Å². The van der Waals surface area contributed by atoms with Crippen molar-refractivity contribution in [3.63, 3.8) is 0 Å². The van der Waals surface area contributed by atoms with E-state index in [9.17, 15) is 14.0 Å². The van der Waals surface area contributed by atoms with Gasteiger partial charge in [-0.25, -0.2) is 4.39 Å². The molecule has 2 N–H and O–H groups in total. The molecule has 0 radical (unpaired) electrons. The van der Waals surface area contributed by atoms with Crippen molar-refractivity contribution in [2.75, 3.05) is 10.6 Å². The highest BCUT2D eigenvalue weighted by Crippen LogP contribution is 2.33. The zero-order chi connectivity index (χ0) is 16.6. The van der Waals surface area contributed by atoms with E-state index >= 15 is 0 Å². The Labute approximate surface area is 146 Å². The Balaban J connectivity index is 1.87. The lowest BCUT2D eigenvalue weighted by molar-refractivity contribution is -0.123. The van der Waals surface area contributed by atoms with Crippen LogP contribution >= 0.6 is 22.6 Å². The molecule has 1 aliphatic rings. The molecule has 0 saturated heterocycles. The second-order valence-electron chi connectivity index (χ2n) is 5.49. The Morgan fingerprint density at radius 2 is 2.09 bits per heavy atom. The summed E-state index contributed by atoms with van der Waals surface area (Å²) in [6.07, 6.45) is 0.0490. The summed E-state index contributed by atoms with van der Waals surface area (Å²) in [6, 6.07) is 9.71. The number of rotatable bonds is 2. The van der Waals surface area contributed by atoms with Crippen molar-refractivity contribution in [3.05, 3.63) is 56.9 Å². The smallest absolute Gasteiger partial charge is 0.232 e. The minimum atomic E-state index is -0.627. The number of fused-ring (bicyclic) bond motifs is 1. The molecule has 0 aliphatic carbocycles. The molecule has 2 aromatic carbocycles. The number of halogens is 2. The molecule has 0 bridgehead atoms. The number of carbonyl (C=O) groups excluding carboxylic acids is 2. The van der Waals surface area contributed by atoms with Crippen LogP contribution in [0.25, 0.3) is 0 Å². The minimum Gasteiger partial charge on any atom is -0.326 e. The summed E-state index contributed by atoms with van der Waals surface area (Å²) in [5, 5.41) is 5.44. The van der Waals surface area contributed by atoms with E-state index < -0.39 is 11.7 Å². The van der Waals surface area contributed by atoms with E-state index in [1.807, 2.05) is 25.1 Å². The zero-order valence-electron chi connectivity index (χ0n) is 12.3. The molecular formula is C17H14FIN2O2. The molecule has 2 aromatic rings. The molecule has 0 fully saturated rings. The number of anilines is 2. The first-order valence-electron chi connectivity index (χ1n) is 7.10. The van der Waals surface area contributed by atoms with Crippen LogP contribution in [0.2, 0.25) is 0 Å². The first kappa shape index (κ1) is 15.9. The summed E-state index contributed by atoms with van der Waals surface area (Å²) in [4.78, 5) is 24.4. The number of benzene rings is 2. The summed E-state index contributed by atoms with van der Waals surface area (Å²) in [5.74, 6) is -1.63. The van der Waals surface area contributed by atoms with Crippen LogP contribution in [0.4, 0.5) is 15.8 Å². The van der Waals surface area contributed by atoms with Gasteiger partial charge in [0.2, 0.25) is 11.8 Å². The van der Waals surface area contributed by atoms with E-state index in [1.165, 1.54) is 12.1 Å². The standard InChI is InChI=1S/C17H14FIN2O2/c1-9-2-4-11(7-14(9)19)20-17(23)13-8-16(22)21-15-6-10(18)3-5-12(13)15/h2-7,13H,8H2,1H3,(H,20,23)(H,21,22)/t13-/m1/s1. The van der Waals surface area contributed by atoms with Crippen molar-refractivity contribution >= 4 is 45.8 Å². The van der Waals surface area contributed by atoms with Crippen LogP contribution in [0.3, 0.4) is 0 Å². The first-order chi connectivity index (χ1) is 10.9. The molecule has 0 saturated carbocycles. The highest BCUT2D eigenvalue weighted by Gasteiger charge is 2.31. The van der Waals surface area contributed by atoms with Gasteiger partial charge in [0.1, 0.15) is 5.82 Å². The van der Waals surface area contributed by atoms with Crippen LogP contribution in [0.5, 0.6) is 0 Å². The van der Waals surface area contributed by atoms with Gasteiger partial charge < -0.3 is 10.6 Å². The highest BCUT2D eigenvalue weighted by molar-refractivity contribution is 14.1. The lowest BCUT2D eigenvalue weighted by atomic mass is 9.89. The number of nitrogens with one attached hydrogen (secondary N) is 2. The number of amides is 2. The third kappa shape index (κ3) is 3.36. The normalized spacial score (nSPS) is 16.5.